The van der Waals surface area contributed by atoms with Crippen LogP contribution >= 0.6 is 27.5 Å². The largest absolute Gasteiger partial charge is 0.352 e. The van der Waals surface area contributed by atoms with E-state index in [0.29, 0.717) is 10.5 Å². The number of aromatic amines is 1. The number of hydrogen-bond donors (Lipinski definition) is 2. The maximum atomic E-state index is 14.0. The lowest BCUT2D eigenvalue weighted by molar-refractivity contribution is 0.585. The van der Waals surface area contributed by atoms with Gasteiger partial charge in [-0.25, -0.2) is 4.39 Å². The second-order valence-corrected chi connectivity index (χ2v) is 5.39. The van der Waals surface area contributed by atoms with Gasteiger partial charge in [0, 0.05) is 31.6 Å². The predicted octanol–water partition coefficient (Wildman–Crippen LogP) is 2.53. The van der Waals surface area contributed by atoms with Gasteiger partial charge in [-0.1, -0.05) is 11.6 Å². The Morgan fingerprint density at radius 2 is 2.11 bits per heavy atom. The van der Waals surface area contributed by atoms with Crippen LogP contribution in [0.25, 0.3) is 10.9 Å². The number of piperazine rings is 1. The zero-order valence-electron chi connectivity index (χ0n) is 9.43. The van der Waals surface area contributed by atoms with Crippen molar-refractivity contribution in [2.75, 3.05) is 31.1 Å². The van der Waals surface area contributed by atoms with E-state index in [1.165, 1.54) is 0 Å². The molecule has 4 nitrogen and oxygen atoms in total. The molecular formula is C11H11BrClFN4. The number of rotatable bonds is 1. The normalized spacial score (nSPS) is 16.5. The molecule has 96 valence electrons. The molecule has 1 aliphatic heterocycles. The van der Waals surface area contributed by atoms with Gasteiger partial charge in [-0.05, 0) is 22.0 Å². The molecule has 7 heteroatoms. The van der Waals surface area contributed by atoms with Crippen LogP contribution in [-0.2, 0) is 0 Å². The Morgan fingerprint density at radius 3 is 2.83 bits per heavy atom. The number of nitrogens with one attached hydrogen (secondary N) is 2. The van der Waals surface area contributed by atoms with Gasteiger partial charge < -0.3 is 10.2 Å². The minimum atomic E-state index is -0.397. The monoisotopic (exact) mass is 332 g/mol. The van der Waals surface area contributed by atoms with E-state index in [9.17, 15) is 4.39 Å². The summed E-state index contributed by atoms with van der Waals surface area (Å²) in [5, 5.41) is 11.3. The van der Waals surface area contributed by atoms with Crippen molar-refractivity contribution in [1.29, 1.82) is 0 Å². The van der Waals surface area contributed by atoms with E-state index in [1.54, 1.807) is 6.07 Å². The molecule has 0 aliphatic carbocycles. The number of halogens is 3. The first-order valence-corrected chi connectivity index (χ1v) is 6.83. The number of benzene rings is 1. The van der Waals surface area contributed by atoms with Crippen LogP contribution < -0.4 is 10.2 Å². The van der Waals surface area contributed by atoms with Crippen LogP contribution in [0.5, 0.6) is 0 Å². The Kier molecular flexibility index (Phi) is 3.17. The topological polar surface area (TPSA) is 44.0 Å². The average Bonchev–Trinajstić information content (AvgIpc) is 2.81. The lowest BCUT2D eigenvalue weighted by Gasteiger charge is -2.27. The van der Waals surface area contributed by atoms with E-state index in [4.69, 9.17) is 11.6 Å². The summed E-state index contributed by atoms with van der Waals surface area (Å²) in [5.74, 6) is 0.367. The summed E-state index contributed by atoms with van der Waals surface area (Å²) in [6.45, 7) is 3.52. The van der Waals surface area contributed by atoms with Crippen molar-refractivity contribution in [2.45, 2.75) is 0 Å². The highest BCUT2D eigenvalue weighted by molar-refractivity contribution is 9.10. The fraction of sp³-hybridized carbons (Fsp3) is 0.364. The number of fused-ring (bicyclic) bond motifs is 1. The number of nitrogens with zero attached hydrogens (tertiary/aromatic N) is 2. The van der Waals surface area contributed by atoms with Crippen molar-refractivity contribution >= 4 is 44.3 Å². The molecule has 2 heterocycles. The van der Waals surface area contributed by atoms with Gasteiger partial charge in [-0.2, -0.15) is 5.10 Å². The van der Waals surface area contributed by atoms with Gasteiger partial charge in [0.2, 0.25) is 0 Å². The summed E-state index contributed by atoms with van der Waals surface area (Å²) in [7, 11) is 0. The van der Waals surface area contributed by atoms with E-state index in [2.05, 4.69) is 36.3 Å². The van der Waals surface area contributed by atoms with Crippen molar-refractivity contribution < 1.29 is 4.39 Å². The first kappa shape index (κ1) is 12.2. The van der Waals surface area contributed by atoms with Gasteiger partial charge >= 0.3 is 0 Å². The highest BCUT2D eigenvalue weighted by Gasteiger charge is 2.20. The highest BCUT2D eigenvalue weighted by Crippen LogP contribution is 2.35. The van der Waals surface area contributed by atoms with E-state index in [1.807, 2.05) is 0 Å². The molecule has 0 amide bonds. The first-order valence-electron chi connectivity index (χ1n) is 5.65. The first-order chi connectivity index (χ1) is 8.68. The Hall–Kier alpha value is -0.850. The molecule has 1 saturated heterocycles. The molecule has 0 radical (unpaired) electrons. The summed E-state index contributed by atoms with van der Waals surface area (Å²) >= 11 is 9.13. The molecule has 0 spiro atoms. The molecule has 2 aromatic rings. The van der Waals surface area contributed by atoms with Crippen LogP contribution in [0.15, 0.2) is 10.5 Å². The minimum absolute atomic E-state index is 0.271. The van der Waals surface area contributed by atoms with Crippen LogP contribution in [0.3, 0.4) is 0 Å². The van der Waals surface area contributed by atoms with E-state index >= 15 is 0 Å². The minimum Gasteiger partial charge on any atom is -0.352 e. The quantitative estimate of drug-likeness (QED) is 0.788. The fourth-order valence-corrected chi connectivity index (χ4v) is 2.67. The molecular weight excluding hydrogens is 323 g/mol. The van der Waals surface area contributed by atoms with Gasteiger partial charge in [0.05, 0.1) is 9.50 Å². The van der Waals surface area contributed by atoms with Gasteiger partial charge in [-0.3, -0.25) is 5.10 Å². The van der Waals surface area contributed by atoms with E-state index < -0.39 is 5.82 Å². The summed E-state index contributed by atoms with van der Waals surface area (Å²) in [6, 6.07) is 1.74. The molecule has 0 atom stereocenters. The molecule has 0 unspecified atom stereocenters. The fourth-order valence-electron chi connectivity index (χ4n) is 2.17. The SMILES string of the molecule is Fc1c(Br)c(Cl)cc2c(N3CCNCC3)n[nH]c12. The average molecular weight is 334 g/mol. The molecule has 3 rings (SSSR count). The summed E-state index contributed by atoms with van der Waals surface area (Å²) < 4.78 is 14.3. The molecule has 1 aromatic carbocycles. The highest BCUT2D eigenvalue weighted by atomic mass is 79.9. The van der Waals surface area contributed by atoms with Gasteiger partial charge in [-0.15, -0.1) is 0 Å². The molecule has 0 saturated carbocycles. The standard InChI is InChI=1S/C11H11BrClFN4/c12-8-7(13)5-6-10(9(8)14)16-17-11(6)18-3-1-15-2-4-18/h5,15H,1-4H2,(H,16,17). The number of hydrogen-bond acceptors (Lipinski definition) is 3. The Balaban J connectivity index is 2.13. The van der Waals surface area contributed by atoms with Gasteiger partial charge in [0.1, 0.15) is 5.52 Å². The second kappa shape index (κ2) is 4.68. The molecule has 1 aromatic heterocycles. The molecule has 0 bridgehead atoms. The zero-order valence-corrected chi connectivity index (χ0v) is 11.8. The maximum Gasteiger partial charge on any atom is 0.164 e. The predicted molar refractivity (Wildman–Crippen MR) is 73.8 cm³/mol. The third-order valence-corrected chi connectivity index (χ3v) is 4.39. The van der Waals surface area contributed by atoms with Gasteiger partial charge in [0.25, 0.3) is 0 Å². The molecule has 18 heavy (non-hydrogen) atoms. The third kappa shape index (κ3) is 1.88. The smallest absolute Gasteiger partial charge is 0.164 e. The summed E-state index contributed by atoms with van der Waals surface area (Å²) in [6.07, 6.45) is 0. The summed E-state index contributed by atoms with van der Waals surface area (Å²) in [5.41, 5.74) is 0.389. The molecule has 2 N–H and O–H groups in total. The van der Waals surface area contributed by atoms with Crippen molar-refractivity contribution in [3.8, 4) is 0 Å². The molecule has 1 fully saturated rings. The molecule has 1 aliphatic rings. The third-order valence-electron chi connectivity index (χ3n) is 3.09. The summed E-state index contributed by atoms with van der Waals surface area (Å²) in [4.78, 5) is 2.12. The van der Waals surface area contributed by atoms with Crippen LogP contribution in [0, 0.1) is 5.82 Å². The number of H-pyrrole nitrogens is 1. The Labute approximate surface area is 117 Å². The van der Waals surface area contributed by atoms with Crippen LogP contribution in [-0.4, -0.2) is 36.4 Å². The van der Waals surface area contributed by atoms with Crippen molar-refractivity contribution in [3.63, 3.8) is 0 Å². The number of aromatic nitrogens is 2. The van der Waals surface area contributed by atoms with Crippen LogP contribution in [0.2, 0.25) is 5.02 Å². The van der Waals surface area contributed by atoms with Crippen LogP contribution in [0.4, 0.5) is 10.2 Å². The number of anilines is 1. The van der Waals surface area contributed by atoms with Crippen molar-refractivity contribution in [3.05, 3.63) is 21.4 Å². The zero-order chi connectivity index (χ0) is 12.7. The second-order valence-electron chi connectivity index (χ2n) is 4.19. The van der Waals surface area contributed by atoms with Crippen molar-refractivity contribution in [2.24, 2.45) is 0 Å². The lowest BCUT2D eigenvalue weighted by atomic mass is 10.2. The van der Waals surface area contributed by atoms with Crippen LogP contribution in [0.1, 0.15) is 0 Å². The van der Waals surface area contributed by atoms with Gasteiger partial charge in [0.15, 0.2) is 11.6 Å². The Morgan fingerprint density at radius 1 is 1.39 bits per heavy atom. The Bertz CT molecular complexity index is 594. The van der Waals surface area contributed by atoms with E-state index in [0.717, 1.165) is 37.4 Å². The maximum absolute atomic E-state index is 14.0. The lowest BCUT2D eigenvalue weighted by Crippen LogP contribution is -2.43. The van der Waals surface area contributed by atoms with Crippen molar-refractivity contribution in [1.82, 2.24) is 15.5 Å². The van der Waals surface area contributed by atoms with E-state index in [-0.39, 0.29) is 4.47 Å².